The smallest absolute Gasteiger partial charge is 0.135 e. The summed E-state index contributed by atoms with van der Waals surface area (Å²) in [6.45, 7) is 3.80. The monoisotopic (exact) mass is 355 g/mol. The van der Waals surface area contributed by atoms with Gasteiger partial charge in [-0.25, -0.2) is 9.97 Å². The second-order valence-corrected chi connectivity index (χ2v) is 6.27. The van der Waals surface area contributed by atoms with Gasteiger partial charge in [0, 0.05) is 30.7 Å². The fourth-order valence-corrected chi connectivity index (χ4v) is 3.09. The molecule has 4 aromatic rings. The van der Waals surface area contributed by atoms with Gasteiger partial charge >= 0.3 is 0 Å². The number of aromatic nitrogens is 3. The van der Waals surface area contributed by atoms with Gasteiger partial charge in [-0.3, -0.25) is 4.98 Å². The van der Waals surface area contributed by atoms with Crippen LogP contribution in [0.3, 0.4) is 0 Å². The molecule has 0 saturated carbocycles. The number of fused-ring (bicyclic) bond motifs is 1. The molecular weight excluding hydrogens is 334 g/mol. The number of benzene rings is 2. The number of hydrogen-bond acceptors (Lipinski definition) is 5. The first kappa shape index (κ1) is 17.0. The zero-order valence-corrected chi connectivity index (χ0v) is 15.2. The van der Waals surface area contributed by atoms with E-state index in [9.17, 15) is 0 Å². The van der Waals surface area contributed by atoms with Crippen LogP contribution in [0.2, 0.25) is 0 Å². The summed E-state index contributed by atoms with van der Waals surface area (Å²) in [4.78, 5) is 15.6. The topological polar surface area (TPSA) is 53.9 Å². The van der Waals surface area contributed by atoms with Crippen LogP contribution in [0.5, 0.6) is 0 Å². The van der Waals surface area contributed by atoms with Crippen LogP contribution in [0.15, 0.2) is 79.3 Å². The van der Waals surface area contributed by atoms with Crippen molar-refractivity contribution < 1.29 is 0 Å². The summed E-state index contributed by atoms with van der Waals surface area (Å²) in [5.74, 6) is 1.65. The molecule has 0 aliphatic heterocycles. The van der Waals surface area contributed by atoms with Crippen LogP contribution in [0.1, 0.15) is 12.5 Å². The van der Waals surface area contributed by atoms with E-state index in [-0.39, 0.29) is 0 Å². The van der Waals surface area contributed by atoms with E-state index in [1.165, 1.54) is 5.56 Å². The largest absolute Gasteiger partial charge is 0.352 e. The number of rotatable bonds is 6. The lowest BCUT2D eigenvalue weighted by Crippen LogP contribution is -2.23. The summed E-state index contributed by atoms with van der Waals surface area (Å²) in [7, 11) is 0. The van der Waals surface area contributed by atoms with E-state index in [1.54, 1.807) is 12.5 Å². The molecule has 5 nitrogen and oxygen atoms in total. The van der Waals surface area contributed by atoms with Gasteiger partial charge in [0.2, 0.25) is 0 Å². The fraction of sp³-hybridized carbons (Fsp3) is 0.136. The number of anilines is 3. The average Bonchev–Trinajstić information content (AvgIpc) is 2.73. The van der Waals surface area contributed by atoms with Crippen molar-refractivity contribution >= 4 is 28.2 Å². The van der Waals surface area contributed by atoms with Crippen LogP contribution in [0, 0.1) is 0 Å². The maximum Gasteiger partial charge on any atom is 0.135 e. The minimum absolute atomic E-state index is 0.754. The number of nitrogens with one attached hydrogen (secondary N) is 1. The third-order valence-electron chi connectivity index (χ3n) is 4.47. The van der Waals surface area contributed by atoms with Crippen molar-refractivity contribution in [2.24, 2.45) is 0 Å². The molecule has 0 aliphatic carbocycles. The lowest BCUT2D eigenvalue weighted by atomic mass is 10.2. The highest BCUT2D eigenvalue weighted by Gasteiger charge is 2.09. The molecule has 0 atom stereocenters. The van der Waals surface area contributed by atoms with Crippen molar-refractivity contribution in [2.45, 2.75) is 13.5 Å². The maximum absolute atomic E-state index is 4.49. The molecule has 0 amide bonds. The highest BCUT2D eigenvalue weighted by Crippen LogP contribution is 2.25. The SMILES string of the molecule is CCN(Cc1ccccc1)c1cc(Nc2cccc3cccnc23)ncn1. The third kappa shape index (κ3) is 3.87. The lowest BCUT2D eigenvalue weighted by Gasteiger charge is -2.22. The average molecular weight is 355 g/mol. The first-order valence-electron chi connectivity index (χ1n) is 9.05. The second-order valence-electron chi connectivity index (χ2n) is 6.27. The Hall–Kier alpha value is -3.47. The molecule has 0 aliphatic rings. The normalized spacial score (nSPS) is 10.7. The maximum atomic E-state index is 4.49. The molecule has 2 aromatic heterocycles. The van der Waals surface area contributed by atoms with Crippen LogP contribution in [0.4, 0.5) is 17.3 Å². The second kappa shape index (κ2) is 7.83. The van der Waals surface area contributed by atoms with Crippen LogP contribution in [0.25, 0.3) is 10.9 Å². The van der Waals surface area contributed by atoms with Gasteiger partial charge in [0.1, 0.15) is 18.0 Å². The van der Waals surface area contributed by atoms with Crippen LogP contribution >= 0.6 is 0 Å². The lowest BCUT2D eigenvalue weighted by molar-refractivity contribution is 0.810. The molecule has 0 bridgehead atoms. The Morgan fingerprint density at radius 2 is 1.74 bits per heavy atom. The predicted molar refractivity (Wildman–Crippen MR) is 110 cm³/mol. The van der Waals surface area contributed by atoms with E-state index in [0.717, 1.165) is 41.3 Å². The van der Waals surface area contributed by atoms with Crippen molar-refractivity contribution in [2.75, 3.05) is 16.8 Å². The van der Waals surface area contributed by atoms with Gasteiger partial charge in [-0.15, -0.1) is 0 Å². The molecule has 134 valence electrons. The Labute approximate surface area is 158 Å². The highest BCUT2D eigenvalue weighted by molar-refractivity contribution is 5.91. The minimum atomic E-state index is 0.754. The Morgan fingerprint density at radius 1 is 0.889 bits per heavy atom. The van der Waals surface area contributed by atoms with Gasteiger partial charge in [0.05, 0.1) is 11.2 Å². The van der Waals surface area contributed by atoms with Crippen molar-refractivity contribution in [3.05, 3.63) is 84.8 Å². The minimum Gasteiger partial charge on any atom is -0.352 e. The summed E-state index contributed by atoms with van der Waals surface area (Å²) in [5.41, 5.74) is 3.12. The molecule has 27 heavy (non-hydrogen) atoms. The molecule has 2 heterocycles. The van der Waals surface area contributed by atoms with Crippen LogP contribution < -0.4 is 10.2 Å². The van der Waals surface area contributed by atoms with Crippen molar-refractivity contribution in [3.8, 4) is 0 Å². The number of hydrogen-bond donors (Lipinski definition) is 1. The summed E-state index contributed by atoms with van der Waals surface area (Å²) >= 11 is 0. The van der Waals surface area contributed by atoms with Crippen molar-refractivity contribution in [1.82, 2.24) is 15.0 Å². The molecule has 2 aromatic carbocycles. The Morgan fingerprint density at radius 3 is 2.59 bits per heavy atom. The van der Waals surface area contributed by atoms with Gasteiger partial charge in [-0.05, 0) is 24.6 Å². The highest BCUT2D eigenvalue weighted by atomic mass is 15.2. The van der Waals surface area contributed by atoms with E-state index < -0.39 is 0 Å². The molecule has 0 spiro atoms. The quantitative estimate of drug-likeness (QED) is 0.539. The van der Waals surface area contributed by atoms with Gasteiger partial charge < -0.3 is 10.2 Å². The molecule has 5 heteroatoms. The number of nitrogens with zero attached hydrogens (tertiary/aromatic N) is 4. The molecule has 0 radical (unpaired) electrons. The predicted octanol–water partition coefficient (Wildman–Crippen LogP) is 4.79. The Bertz CT molecular complexity index is 1030. The number of para-hydroxylation sites is 1. The van der Waals surface area contributed by atoms with E-state index in [1.807, 2.05) is 30.3 Å². The van der Waals surface area contributed by atoms with E-state index in [0.29, 0.717) is 0 Å². The van der Waals surface area contributed by atoms with Gasteiger partial charge in [-0.1, -0.05) is 48.5 Å². The zero-order valence-electron chi connectivity index (χ0n) is 15.2. The molecule has 4 rings (SSSR count). The Balaban J connectivity index is 1.60. The van der Waals surface area contributed by atoms with E-state index in [4.69, 9.17) is 0 Å². The first-order valence-corrected chi connectivity index (χ1v) is 9.05. The summed E-state index contributed by atoms with van der Waals surface area (Å²) in [5, 5.41) is 4.48. The standard InChI is InChI=1S/C22H21N5/c1-2-27(15-17-8-4-3-5-9-17)21-14-20(24-16-25-21)26-19-12-6-10-18-11-7-13-23-22(18)19/h3-14,16H,2,15H2,1H3,(H,24,25,26). The van der Waals surface area contributed by atoms with Crippen LogP contribution in [-0.2, 0) is 6.54 Å². The first-order chi connectivity index (χ1) is 13.3. The van der Waals surface area contributed by atoms with Crippen molar-refractivity contribution in [1.29, 1.82) is 0 Å². The van der Waals surface area contributed by atoms with E-state index >= 15 is 0 Å². The summed E-state index contributed by atoms with van der Waals surface area (Å²) < 4.78 is 0. The van der Waals surface area contributed by atoms with Crippen LogP contribution in [-0.4, -0.2) is 21.5 Å². The molecule has 1 N–H and O–H groups in total. The summed E-state index contributed by atoms with van der Waals surface area (Å²) in [6.07, 6.45) is 3.40. The molecule has 0 fully saturated rings. The molecule has 0 saturated heterocycles. The summed E-state index contributed by atoms with van der Waals surface area (Å²) in [6, 6.07) is 22.5. The van der Waals surface area contributed by atoms with Gasteiger partial charge in [-0.2, -0.15) is 0 Å². The molecule has 0 unspecified atom stereocenters. The van der Waals surface area contributed by atoms with Gasteiger partial charge in [0.15, 0.2) is 0 Å². The fourth-order valence-electron chi connectivity index (χ4n) is 3.09. The van der Waals surface area contributed by atoms with Gasteiger partial charge in [0.25, 0.3) is 0 Å². The zero-order chi connectivity index (χ0) is 18.5. The van der Waals surface area contributed by atoms with Crippen molar-refractivity contribution in [3.63, 3.8) is 0 Å². The third-order valence-corrected chi connectivity index (χ3v) is 4.47. The molecular formula is C22H21N5. The number of pyridine rings is 1. The Kier molecular flexibility index (Phi) is 4.92. The van der Waals surface area contributed by atoms with E-state index in [2.05, 4.69) is 68.5 Å².